The number of aromatic amines is 1. The number of alkyl halides is 1. The van der Waals surface area contributed by atoms with E-state index in [1.807, 2.05) is 4.98 Å². The van der Waals surface area contributed by atoms with Gasteiger partial charge in [-0.15, -0.1) is 0 Å². The molecule has 3 fully saturated rings. The Balaban J connectivity index is 1.56. The molecule has 2 aliphatic heterocycles. The first-order valence-electron chi connectivity index (χ1n) is 8.59. The van der Waals surface area contributed by atoms with Crippen LogP contribution in [0.1, 0.15) is 31.9 Å². The number of hydrogen-bond acceptors (Lipinski definition) is 8. The van der Waals surface area contributed by atoms with Crippen molar-refractivity contribution in [2.75, 3.05) is 6.61 Å². The van der Waals surface area contributed by atoms with Crippen LogP contribution in [0.5, 0.6) is 0 Å². The normalized spacial score (nSPS) is 32.8. The lowest BCUT2D eigenvalue weighted by Crippen LogP contribution is -2.43. The van der Waals surface area contributed by atoms with E-state index in [0.29, 0.717) is 12.8 Å². The highest BCUT2D eigenvalue weighted by molar-refractivity contribution is 5.72. The van der Waals surface area contributed by atoms with E-state index < -0.39 is 54.3 Å². The van der Waals surface area contributed by atoms with Crippen LogP contribution in [-0.2, 0) is 23.7 Å². The van der Waals surface area contributed by atoms with Gasteiger partial charge in [0.2, 0.25) is 6.10 Å². The number of esters is 1. The predicted octanol–water partition coefficient (Wildman–Crippen LogP) is 0.369. The average Bonchev–Trinajstić information content (AvgIpc) is 3.32. The van der Waals surface area contributed by atoms with E-state index in [9.17, 15) is 19.2 Å². The minimum absolute atomic E-state index is 0.286. The molecule has 10 nitrogen and oxygen atoms in total. The molecule has 0 bridgehead atoms. The zero-order valence-electron chi connectivity index (χ0n) is 14.1. The fraction of sp³-hybridized carbons (Fsp3) is 0.625. The van der Waals surface area contributed by atoms with Crippen molar-refractivity contribution < 1.29 is 32.9 Å². The number of hydrogen-bond donors (Lipinski definition) is 1. The van der Waals surface area contributed by atoms with Crippen molar-refractivity contribution in [3.8, 4) is 0 Å². The van der Waals surface area contributed by atoms with Gasteiger partial charge >= 0.3 is 17.8 Å². The van der Waals surface area contributed by atoms with Gasteiger partial charge in [-0.2, -0.15) is 0 Å². The SMILES string of the molecule is O=C1O[C@H]2[C@H](n3ccc(=O)[nH]c3=O)O[C@](F)(COC(=O)C3CCCC3)[C@H]2O1. The van der Waals surface area contributed by atoms with Gasteiger partial charge in [-0.05, 0) is 12.8 Å². The third-order valence-corrected chi connectivity index (χ3v) is 5.00. The molecule has 1 N–H and O–H groups in total. The number of fused-ring (bicyclic) bond motifs is 1. The standard InChI is InChI=1S/C16H17FN2O8/c17-16(7-24-13(21)8-3-1-2-4-8)11-10(25-15(23)26-11)12(27-16)19-6-5-9(20)18-14(19)22/h5-6,8,10-12H,1-4,7H2,(H,18,20,22)/t10-,11+,12-,16-/m1/s1. The molecule has 3 heterocycles. The summed E-state index contributed by atoms with van der Waals surface area (Å²) in [5, 5.41) is 0. The zero-order chi connectivity index (χ0) is 19.2. The summed E-state index contributed by atoms with van der Waals surface area (Å²) in [5.74, 6) is -3.52. The number of nitrogens with zero attached hydrogens (tertiary/aromatic N) is 1. The van der Waals surface area contributed by atoms with Crippen LogP contribution in [0.3, 0.4) is 0 Å². The summed E-state index contributed by atoms with van der Waals surface area (Å²) in [5.41, 5.74) is -1.52. The molecule has 3 aliphatic rings. The van der Waals surface area contributed by atoms with Gasteiger partial charge in [-0.3, -0.25) is 19.1 Å². The van der Waals surface area contributed by atoms with Crippen molar-refractivity contribution in [1.29, 1.82) is 0 Å². The van der Waals surface area contributed by atoms with Gasteiger partial charge in [0, 0.05) is 12.3 Å². The minimum Gasteiger partial charge on any atom is -0.459 e. The van der Waals surface area contributed by atoms with Crippen molar-refractivity contribution in [2.24, 2.45) is 5.92 Å². The summed E-state index contributed by atoms with van der Waals surface area (Å²) in [6.45, 7) is -0.811. The highest BCUT2D eigenvalue weighted by Gasteiger charge is 2.65. The third kappa shape index (κ3) is 3.11. The molecule has 0 spiro atoms. The molecule has 27 heavy (non-hydrogen) atoms. The maximum atomic E-state index is 15.4. The number of halogens is 1. The second-order valence-electron chi connectivity index (χ2n) is 6.77. The van der Waals surface area contributed by atoms with Crippen molar-refractivity contribution in [3.05, 3.63) is 33.1 Å². The molecule has 0 unspecified atom stereocenters. The van der Waals surface area contributed by atoms with Crippen molar-refractivity contribution in [3.63, 3.8) is 0 Å². The molecule has 0 aromatic carbocycles. The van der Waals surface area contributed by atoms with E-state index in [2.05, 4.69) is 0 Å². The minimum atomic E-state index is -2.69. The maximum absolute atomic E-state index is 15.4. The molecule has 2 saturated heterocycles. The molecule has 4 rings (SSSR count). The number of nitrogens with one attached hydrogen (secondary N) is 1. The number of rotatable bonds is 4. The smallest absolute Gasteiger partial charge is 0.459 e. The second kappa shape index (κ2) is 6.48. The number of ether oxygens (including phenoxy) is 4. The Kier molecular flexibility index (Phi) is 4.25. The zero-order valence-corrected chi connectivity index (χ0v) is 14.1. The number of carbonyl (C=O) groups excluding carboxylic acids is 2. The average molecular weight is 384 g/mol. The van der Waals surface area contributed by atoms with Crippen LogP contribution in [0.2, 0.25) is 0 Å². The molecule has 4 atom stereocenters. The molecule has 146 valence electrons. The topological polar surface area (TPSA) is 126 Å². The lowest BCUT2D eigenvalue weighted by Gasteiger charge is -2.24. The molecular weight excluding hydrogens is 367 g/mol. The van der Waals surface area contributed by atoms with E-state index in [1.165, 1.54) is 0 Å². The Bertz CT molecular complexity index is 876. The monoisotopic (exact) mass is 384 g/mol. The van der Waals surface area contributed by atoms with Gasteiger partial charge in [0.15, 0.2) is 18.9 Å². The molecular formula is C16H17FN2O8. The summed E-state index contributed by atoms with van der Waals surface area (Å²) < 4.78 is 36.4. The number of carbonyl (C=O) groups is 2. The molecule has 1 saturated carbocycles. The number of aromatic nitrogens is 2. The van der Waals surface area contributed by atoms with Gasteiger partial charge in [0.05, 0.1) is 5.92 Å². The van der Waals surface area contributed by atoms with E-state index in [4.69, 9.17) is 18.9 Å². The number of H-pyrrole nitrogens is 1. The molecule has 1 aliphatic carbocycles. The highest BCUT2D eigenvalue weighted by Crippen LogP contribution is 2.44. The molecule has 0 radical (unpaired) electrons. The van der Waals surface area contributed by atoms with E-state index >= 15 is 4.39 Å². The summed E-state index contributed by atoms with van der Waals surface area (Å²) in [4.78, 5) is 48.8. The third-order valence-electron chi connectivity index (χ3n) is 5.00. The highest BCUT2D eigenvalue weighted by atomic mass is 19.2. The molecule has 1 aromatic heterocycles. The van der Waals surface area contributed by atoms with E-state index in [1.54, 1.807) is 0 Å². The van der Waals surface area contributed by atoms with E-state index in [0.717, 1.165) is 29.7 Å². The second-order valence-corrected chi connectivity index (χ2v) is 6.77. The molecule has 11 heteroatoms. The van der Waals surface area contributed by atoms with Crippen molar-refractivity contribution in [2.45, 2.75) is 50.0 Å². The Morgan fingerprint density at radius 2 is 2.04 bits per heavy atom. The fourth-order valence-electron chi connectivity index (χ4n) is 3.66. The van der Waals surface area contributed by atoms with Crippen LogP contribution < -0.4 is 11.2 Å². The van der Waals surface area contributed by atoms with Crippen LogP contribution >= 0.6 is 0 Å². The maximum Gasteiger partial charge on any atom is 0.509 e. The lowest BCUT2D eigenvalue weighted by molar-refractivity contribution is -0.220. The van der Waals surface area contributed by atoms with Gasteiger partial charge in [-0.25, -0.2) is 14.0 Å². The largest absolute Gasteiger partial charge is 0.509 e. The van der Waals surface area contributed by atoms with Crippen LogP contribution in [0.15, 0.2) is 21.9 Å². The first kappa shape index (κ1) is 17.7. The summed E-state index contributed by atoms with van der Waals surface area (Å²) in [6.07, 6.45) is -1.06. The van der Waals surface area contributed by atoms with Gasteiger partial charge in [0.1, 0.15) is 0 Å². The fourth-order valence-corrected chi connectivity index (χ4v) is 3.66. The lowest BCUT2D eigenvalue weighted by atomic mass is 10.1. The summed E-state index contributed by atoms with van der Waals surface area (Å²) in [6, 6.07) is 1.04. The van der Waals surface area contributed by atoms with Crippen molar-refractivity contribution in [1.82, 2.24) is 9.55 Å². The quantitative estimate of drug-likeness (QED) is 0.738. The first-order chi connectivity index (χ1) is 12.9. The Hall–Kier alpha value is -2.69. The van der Waals surface area contributed by atoms with Crippen molar-refractivity contribution >= 4 is 12.1 Å². The van der Waals surface area contributed by atoms with Gasteiger partial charge in [-0.1, -0.05) is 12.8 Å². The van der Waals surface area contributed by atoms with Gasteiger partial charge in [0.25, 0.3) is 11.4 Å². The van der Waals surface area contributed by atoms with Crippen LogP contribution in [0, 0.1) is 5.92 Å². The Morgan fingerprint density at radius 1 is 1.30 bits per heavy atom. The summed E-state index contributed by atoms with van der Waals surface area (Å²) >= 11 is 0. The molecule has 1 aromatic rings. The first-order valence-corrected chi connectivity index (χ1v) is 8.59. The Morgan fingerprint density at radius 3 is 2.74 bits per heavy atom. The molecule has 0 amide bonds. The van der Waals surface area contributed by atoms with Crippen LogP contribution in [-0.4, -0.2) is 46.3 Å². The predicted molar refractivity (Wildman–Crippen MR) is 83.3 cm³/mol. The van der Waals surface area contributed by atoms with Crippen LogP contribution in [0.25, 0.3) is 0 Å². The van der Waals surface area contributed by atoms with Gasteiger partial charge < -0.3 is 18.9 Å². The Labute approximate surface area is 151 Å². The van der Waals surface area contributed by atoms with E-state index in [-0.39, 0.29) is 5.92 Å². The van der Waals surface area contributed by atoms with Crippen LogP contribution in [0.4, 0.5) is 9.18 Å². The summed E-state index contributed by atoms with van der Waals surface area (Å²) in [7, 11) is 0.